The Balaban J connectivity index is 1.55. The van der Waals surface area contributed by atoms with Crippen LogP contribution in [-0.4, -0.2) is 51.5 Å². The van der Waals surface area contributed by atoms with Crippen molar-refractivity contribution in [3.63, 3.8) is 0 Å². The Kier molecular flexibility index (Phi) is 2.35. The van der Waals surface area contributed by atoms with Crippen LogP contribution < -0.4 is 0 Å². The van der Waals surface area contributed by atoms with Crippen molar-refractivity contribution >= 4 is 5.78 Å². The van der Waals surface area contributed by atoms with Crippen molar-refractivity contribution < 1.29 is 29.6 Å². The summed E-state index contributed by atoms with van der Waals surface area (Å²) in [6, 6.07) is 0. The van der Waals surface area contributed by atoms with Crippen molar-refractivity contribution in [1.29, 1.82) is 0 Å². The summed E-state index contributed by atoms with van der Waals surface area (Å²) in [5, 5.41) is 34.6. The normalized spacial score (nSPS) is 68.7. The molecule has 0 radical (unpaired) electrons. The van der Waals surface area contributed by atoms with Gasteiger partial charge in [0, 0.05) is 11.8 Å². The lowest BCUT2D eigenvalue weighted by Gasteiger charge is -2.80. The molecule has 5 aliphatic carbocycles. The Hall–Kier alpha value is -0.790. The average Bonchev–Trinajstić information content (AvgIpc) is 3.37. The second-order valence-corrected chi connectivity index (χ2v) is 10.9. The molecule has 4 bridgehead atoms. The Morgan fingerprint density at radius 2 is 1.93 bits per heavy atom. The van der Waals surface area contributed by atoms with E-state index in [9.17, 15) is 20.1 Å². The van der Waals surface area contributed by atoms with Gasteiger partial charge in [0.2, 0.25) is 5.79 Å². The Bertz CT molecular complexity index is 837. The third kappa shape index (κ3) is 1.16. The average molecular weight is 374 g/mol. The monoisotopic (exact) mass is 374 g/mol. The van der Waals surface area contributed by atoms with Crippen molar-refractivity contribution in [2.75, 3.05) is 0 Å². The molecule has 3 saturated heterocycles. The molecule has 3 N–H and O–H groups in total. The fourth-order valence-electron chi connectivity index (χ4n) is 9.31. The van der Waals surface area contributed by atoms with Crippen molar-refractivity contribution in [2.24, 2.45) is 45.8 Å². The number of ketones is 1. The van der Waals surface area contributed by atoms with E-state index in [4.69, 9.17) is 9.47 Å². The maximum Gasteiger partial charge on any atom is 0.211 e. The van der Waals surface area contributed by atoms with Crippen LogP contribution >= 0.6 is 0 Å². The second-order valence-electron chi connectivity index (χ2n) is 10.9. The number of rotatable bonds is 0. The Morgan fingerprint density at radius 1 is 1.19 bits per heavy atom. The number of Topliss-reactive ketones (excluding diaryl/α,β-unsaturated/α-hetero) is 1. The summed E-state index contributed by atoms with van der Waals surface area (Å²) in [5.41, 5.74) is -1.83. The maximum atomic E-state index is 13.5. The van der Waals surface area contributed by atoms with Crippen molar-refractivity contribution in [2.45, 2.75) is 63.5 Å². The van der Waals surface area contributed by atoms with E-state index in [-0.39, 0.29) is 35.1 Å². The fraction of sp³-hybridized carbons (Fsp3) is 0.857. The first-order valence-corrected chi connectivity index (χ1v) is 10.3. The number of carbonyl (C=O) groups excluding carboxylic acids is 1. The number of ether oxygens (including phenoxy) is 2. The molecule has 3 aliphatic heterocycles. The number of fused-ring (bicyclic) bond motifs is 3. The van der Waals surface area contributed by atoms with Gasteiger partial charge in [-0.25, -0.2) is 0 Å². The maximum absolute atomic E-state index is 13.5. The smallest absolute Gasteiger partial charge is 0.211 e. The van der Waals surface area contributed by atoms with Gasteiger partial charge >= 0.3 is 0 Å². The van der Waals surface area contributed by atoms with Crippen LogP contribution in [0.2, 0.25) is 0 Å². The van der Waals surface area contributed by atoms with Crippen molar-refractivity contribution in [3.05, 3.63) is 12.2 Å². The van der Waals surface area contributed by atoms with Gasteiger partial charge in [-0.1, -0.05) is 20.4 Å². The molecule has 146 valence electrons. The van der Waals surface area contributed by atoms with Gasteiger partial charge in [0.25, 0.3) is 0 Å². The quantitative estimate of drug-likeness (QED) is 0.537. The third-order valence-corrected chi connectivity index (χ3v) is 10.2. The first kappa shape index (κ1) is 16.1. The van der Waals surface area contributed by atoms with Gasteiger partial charge in [-0.15, -0.1) is 0 Å². The molecule has 6 heteroatoms. The third-order valence-electron chi connectivity index (χ3n) is 10.2. The van der Waals surface area contributed by atoms with Gasteiger partial charge in [-0.3, -0.25) is 4.79 Å². The van der Waals surface area contributed by atoms with Crippen LogP contribution in [0.4, 0.5) is 0 Å². The highest BCUT2D eigenvalue weighted by Crippen LogP contribution is 2.85. The van der Waals surface area contributed by atoms with Gasteiger partial charge in [0.05, 0.1) is 17.6 Å². The molecule has 6 nitrogen and oxygen atoms in total. The Morgan fingerprint density at radius 3 is 2.67 bits per heavy atom. The summed E-state index contributed by atoms with van der Waals surface area (Å²) >= 11 is 0. The standard InChI is InChI=1S/C21H26O6/c1-7-8-4-5-11-19-12-15(24)21(25,20(11,13(7)22)14(8)23)27-17(19)26-16(19)9-6-10(9)18(12,2)3/h8-12,14-17,23-25H,1,4-6H2,2-3H3/t8-,9?,10?,11-,12+,14-,15-,16?,17?,19+,20-,21+/m0/s1. The predicted molar refractivity (Wildman–Crippen MR) is 90.8 cm³/mol. The predicted octanol–water partition coefficient (Wildman–Crippen LogP) is 0.595. The molecule has 0 amide bonds. The van der Waals surface area contributed by atoms with Crippen LogP contribution in [0, 0.1) is 45.8 Å². The number of hydrogen-bond donors (Lipinski definition) is 3. The van der Waals surface area contributed by atoms with E-state index in [1.54, 1.807) is 0 Å². The molecule has 4 unspecified atom stereocenters. The van der Waals surface area contributed by atoms with Crippen LogP contribution in [0.15, 0.2) is 12.2 Å². The lowest BCUT2D eigenvalue weighted by Crippen LogP contribution is -2.92. The number of aliphatic hydroxyl groups is 3. The zero-order chi connectivity index (χ0) is 18.9. The molecular weight excluding hydrogens is 348 g/mol. The van der Waals surface area contributed by atoms with E-state index < -0.39 is 35.1 Å². The van der Waals surface area contributed by atoms with E-state index in [0.29, 0.717) is 23.8 Å². The summed E-state index contributed by atoms with van der Waals surface area (Å²) in [7, 11) is 0. The summed E-state index contributed by atoms with van der Waals surface area (Å²) in [6.07, 6.45) is -0.484. The second kappa shape index (κ2) is 3.94. The van der Waals surface area contributed by atoms with Gasteiger partial charge < -0.3 is 24.8 Å². The number of aliphatic hydroxyl groups excluding tert-OH is 2. The molecule has 8 rings (SSSR count). The lowest BCUT2D eigenvalue weighted by atomic mass is 9.33. The number of hydrogen-bond acceptors (Lipinski definition) is 6. The largest absolute Gasteiger partial charge is 0.391 e. The molecule has 5 saturated carbocycles. The molecule has 8 fully saturated rings. The van der Waals surface area contributed by atoms with Crippen LogP contribution in [0.5, 0.6) is 0 Å². The van der Waals surface area contributed by atoms with Crippen LogP contribution in [0.3, 0.4) is 0 Å². The number of carbonyl (C=O) groups is 1. The first-order valence-electron chi connectivity index (χ1n) is 10.3. The summed E-state index contributed by atoms with van der Waals surface area (Å²) in [4.78, 5) is 13.5. The minimum atomic E-state index is -2.13. The zero-order valence-corrected chi connectivity index (χ0v) is 15.6. The van der Waals surface area contributed by atoms with E-state index >= 15 is 0 Å². The molecule has 0 aromatic heterocycles. The summed E-state index contributed by atoms with van der Waals surface area (Å²) in [6.45, 7) is 8.31. The fourth-order valence-corrected chi connectivity index (χ4v) is 9.31. The SMILES string of the molecule is C=C1C(=O)[C@]23[C@@H](O)[C@H]1CC[C@H]2[C@]12C4OC1C1CC1C(C)(C)[C@H]2[C@H](O)[C@@]3(O)O4. The summed E-state index contributed by atoms with van der Waals surface area (Å²) < 4.78 is 12.2. The molecule has 2 spiro atoms. The Labute approximate surface area is 157 Å². The van der Waals surface area contributed by atoms with Gasteiger partial charge in [0.1, 0.15) is 11.5 Å². The highest BCUT2D eigenvalue weighted by Gasteiger charge is 2.94. The zero-order valence-electron chi connectivity index (χ0n) is 15.6. The van der Waals surface area contributed by atoms with E-state index in [1.807, 2.05) is 0 Å². The highest BCUT2D eigenvalue weighted by molar-refractivity contribution is 6.05. The van der Waals surface area contributed by atoms with Gasteiger partial charge in [-0.05, 0) is 48.0 Å². The molecule has 0 aromatic rings. The molecule has 12 atom stereocenters. The molecular formula is C21H26O6. The van der Waals surface area contributed by atoms with Gasteiger partial charge in [-0.2, -0.15) is 0 Å². The van der Waals surface area contributed by atoms with Crippen LogP contribution in [0.25, 0.3) is 0 Å². The van der Waals surface area contributed by atoms with E-state index in [0.717, 1.165) is 12.8 Å². The highest BCUT2D eigenvalue weighted by atomic mass is 16.8. The molecule has 0 aromatic carbocycles. The van der Waals surface area contributed by atoms with Crippen molar-refractivity contribution in [3.8, 4) is 0 Å². The first-order chi connectivity index (χ1) is 12.7. The van der Waals surface area contributed by atoms with E-state index in [2.05, 4.69) is 20.4 Å². The van der Waals surface area contributed by atoms with Crippen LogP contribution in [0.1, 0.15) is 33.1 Å². The minimum absolute atomic E-state index is 0.0580. The van der Waals surface area contributed by atoms with Gasteiger partial charge in [0.15, 0.2) is 12.1 Å². The summed E-state index contributed by atoms with van der Waals surface area (Å²) in [5.74, 6) is -2.38. The minimum Gasteiger partial charge on any atom is -0.391 e. The lowest BCUT2D eigenvalue weighted by molar-refractivity contribution is -0.566. The molecule has 3 heterocycles. The van der Waals surface area contributed by atoms with Crippen molar-refractivity contribution in [1.82, 2.24) is 0 Å². The molecule has 27 heavy (non-hydrogen) atoms. The van der Waals surface area contributed by atoms with E-state index in [1.165, 1.54) is 0 Å². The molecule has 8 aliphatic rings. The topological polar surface area (TPSA) is 96.2 Å². The van der Waals surface area contributed by atoms with Crippen LogP contribution in [-0.2, 0) is 14.3 Å².